The minimum absolute atomic E-state index is 0.00266. The fraction of sp³-hybridized carbons (Fsp3) is 0.455. The van der Waals surface area contributed by atoms with E-state index < -0.39 is 5.97 Å². The molecule has 1 unspecified atom stereocenters. The Morgan fingerprint density at radius 3 is 2.63 bits per heavy atom. The van der Waals surface area contributed by atoms with Crippen molar-refractivity contribution in [2.24, 2.45) is 0 Å². The Kier molecular flexibility index (Phi) is 5.42. The van der Waals surface area contributed by atoms with Crippen molar-refractivity contribution < 1.29 is 14.3 Å². The number of aryl methyl sites for hydroxylation is 1. The summed E-state index contributed by atoms with van der Waals surface area (Å²) in [5.74, 6) is 0.885. The molecule has 3 aromatic rings. The molecule has 4 rings (SSSR count). The predicted octanol–water partition coefficient (Wildman–Crippen LogP) is 2.91. The van der Waals surface area contributed by atoms with Crippen LogP contribution in [0.4, 0.5) is 0 Å². The van der Waals surface area contributed by atoms with Crippen molar-refractivity contribution >= 4 is 17.4 Å². The number of H-pyrrole nitrogens is 1. The van der Waals surface area contributed by atoms with E-state index in [0.29, 0.717) is 28.4 Å². The lowest BCUT2D eigenvalue weighted by molar-refractivity contribution is 0.0599. The molecule has 1 fully saturated rings. The highest BCUT2D eigenvalue weighted by molar-refractivity contribution is 6.03. The molecule has 1 aliphatic heterocycles. The maximum atomic E-state index is 13.2. The zero-order valence-electron chi connectivity index (χ0n) is 17.8. The van der Waals surface area contributed by atoms with Crippen LogP contribution in [0, 0.1) is 13.8 Å². The van der Waals surface area contributed by atoms with Gasteiger partial charge in [-0.25, -0.2) is 4.79 Å². The number of hydrogen-bond acceptors (Lipinski definition) is 6. The summed E-state index contributed by atoms with van der Waals surface area (Å²) >= 11 is 0. The number of aromatic nitrogens is 4. The summed E-state index contributed by atoms with van der Waals surface area (Å²) in [6.45, 7) is 7.12. The second-order valence-electron chi connectivity index (χ2n) is 7.95. The molecule has 3 aromatic heterocycles. The van der Waals surface area contributed by atoms with E-state index >= 15 is 0 Å². The third-order valence-electron chi connectivity index (χ3n) is 6.24. The van der Waals surface area contributed by atoms with E-state index in [1.807, 2.05) is 35.7 Å². The summed E-state index contributed by atoms with van der Waals surface area (Å²) in [6.07, 6.45) is 3.84. The minimum atomic E-state index is -0.422. The topological polar surface area (TPSA) is 92.6 Å². The van der Waals surface area contributed by atoms with Gasteiger partial charge in [-0.15, -0.1) is 10.2 Å². The van der Waals surface area contributed by atoms with Gasteiger partial charge in [0.25, 0.3) is 0 Å². The Hall–Kier alpha value is -3.00. The number of aromatic amines is 1. The highest BCUT2D eigenvalue weighted by atomic mass is 16.5. The number of methoxy groups -OCH3 is 1. The van der Waals surface area contributed by atoms with Crippen LogP contribution in [0.3, 0.4) is 0 Å². The van der Waals surface area contributed by atoms with Gasteiger partial charge in [0.1, 0.15) is 5.82 Å². The number of carbonyl (C=O) groups is 2. The molecule has 0 amide bonds. The Labute approximate surface area is 175 Å². The number of nitrogens with zero attached hydrogens (tertiary/aromatic N) is 4. The summed E-state index contributed by atoms with van der Waals surface area (Å²) < 4.78 is 6.90. The van der Waals surface area contributed by atoms with Crippen molar-refractivity contribution in [1.29, 1.82) is 0 Å². The average Bonchev–Trinajstić information content (AvgIpc) is 3.33. The van der Waals surface area contributed by atoms with Crippen LogP contribution in [-0.4, -0.2) is 62.5 Å². The fourth-order valence-electron chi connectivity index (χ4n) is 4.46. The van der Waals surface area contributed by atoms with E-state index in [0.717, 1.165) is 37.4 Å². The number of esters is 1. The molecule has 0 spiro atoms. The molecule has 1 N–H and O–H groups in total. The first-order chi connectivity index (χ1) is 14.4. The monoisotopic (exact) mass is 409 g/mol. The molecular weight excluding hydrogens is 382 g/mol. The van der Waals surface area contributed by atoms with Gasteiger partial charge >= 0.3 is 5.97 Å². The van der Waals surface area contributed by atoms with Crippen LogP contribution < -0.4 is 0 Å². The van der Waals surface area contributed by atoms with E-state index in [1.165, 1.54) is 7.11 Å². The molecule has 0 saturated carbocycles. The van der Waals surface area contributed by atoms with E-state index in [-0.39, 0.29) is 11.8 Å². The van der Waals surface area contributed by atoms with Gasteiger partial charge in [-0.2, -0.15) is 0 Å². The summed E-state index contributed by atoms with van der Waals surface area (Å²) in [4.78, 5) is 30.5. The molecule has 1 aliphatic rings. The molecule has 8 heteroatoms. The third-order valence-corrected chi connectivity index (χ3v) is 6.24. The first-order valence-electron chi connectivity index (χ1n) is 10.3. The zero-order valence-corrected chi connectivity index (χ0v) is 17.8. The number of hydrogen-bond donors (Lipinski definition) is 1. The molecule has 30 heavy (non-hydrogen) atoms. The molecule has 1 saturated heterocycles. The third kappa shape index (κ3) is 3.41. The lowest BCUT2D eigenvalue weighted by Gasteiger charge is -2.34. The van der Waals surface area contributed by atoms with Crippen molar-refractivity contribution in [2.45, 2.75) is 45.6 Å². The van der Waals surface area contributed by atoms with Gasteiger partial charge in [-0.3, -0.25) is 14.1 Å². The Bertz CT molecular complexity index is 1090. The smallest absolute Gasteiger partial charge is 0.339 e. The Morgan fingerprint density at radius 2 is 1.93 bits per heavy atom. The van der Waals surface area contributed by atoms with Crippen molar-refractivity contribution in [3.63, 3.8) is 0 Å². The summed E-state index contributed by atoms with van der Waals surface area (Å²) in [6, 6.07) is 5.62. The summed E-state index contributed by atoms with van der Waals surface area (Å²) in [7, 11) is 1.35. The lowest BCUT2D eigenvalue weighted by Crippen LogP contribution is -2.44. The number of ether oxygens (including phenoxy) is 1. The van der Waals surface area contributed by atoms with Crippen LogP contribution in [0.15, 0.2) is 24.4 Å². The molecule has 4 heterocycles. The van der Waals surface area contributed by atoms with E-state index in [9.17, 15) is 9.59 Å². The molecular formula is C22H27N5O3. The highest BCUT2D eigenvalue weighted by Crippen LogP contribution is 2.29. The molecule has 0 aromatic carbocycles. The van der Waals surface area contributed by atoms with Crippen molar-refractivity contribution in [2.75, 3.05) is 20.2 Å². The largest absolute Gasteiger partial charge is 0.465 e. The molecule has 0 aliphatic carbocycles. The first-order valence-corrected chi connectivity index (χ1v) is 10.3. The number of rotatable bonds is 5. The second-order valence-corrected chi connectivity index (χ2v) is 7.95. The predicted molar refractivity (Wildman–Crippen MR) is 112 cm³/mol. The van der Waals surface area contributed by atoms with E-state index in [4.69, 9.17) is 4.74 Å². The number of piperidine rings is 1. The first kappa shape index (κ1) is 20.3. The number of carbonyl (C=O) groups excluding carboxylic acids is 2. The maximum Gasteiger partial charge on any atom is 0.339 e. The van der Waals surface area contributed by atoms with Crippen LogP contribution in [-0.2, 0) is 4.74 Å². The SMILES string of the molecule is COC(=O)c1c(C)[nH]c(C(=O)C(C)N2CCC(c3nnc4ccccn34)CC2)c1C. The number of Topliss-reactive ketones (excluding diaryl/α,β-unsaturated/α-hetero) is 1. The average molecular weight is 409 g/mol. The standard InChI is InChI=1S/C22H27N5O3/c1-13-18(22(29)30-4)14(2)23-19(13)20(28)15(3)26-11-8-16(9-12-26)21-25-24-17-7-5-6-10-27(17)21/h5-7,10,15-16,23H,8-9,11-12H2,1-4H3. The molecule has 8 nitrogen and oxygen atoms in total. The van der Waals surface area contributed by atoms with Crippen LogP contribution in [0.1, 0.15) is 63.6 Å². The molecule has 1 atom stereocenters. The Balaban J connectivity index is 1.46. The number of ketones is 1. The second kappa shape index (κ2) is 8.02. The number of fused-ring (bicyclic) bond motifs is 1. The van der Waals surface area contributed by atoms with Crippen molar-refractivity contribution in [1.82, 2.24) is 24.5 Å². The van der Waals surface area contributed by atoms with Crippen molar-refractivity contribution in [3.05, 3.63) is 52.7 Å². The Morgan fingerprint density at radius 1 is 1.20 bits per heavy atom. The van der Waals surface area contributed by atoms with Crippen LogP contribution in [0.5, 0.6) is 0 Å². The molecule has 0 bridgehead atoms. The minimum Gasteiger partial charge on any atom is -0.465 e. The van der Waals surface area contributed by atoms with E-state index in [1.54, 1.807) is 13.8 Å². The zero-order chi connectivity index (χ0) is 21.4. The van der Waals surface area contributed by atoms with Gasteiger partial charge in [0, 0.05) is 17.8 Å². The van der Waals surface area contributed by atoms with Gasteiger partial charge in [0.05, 0.1) is 24.4 Å². The highest BCUT2D eigenvalue weighted by Gasteiger charge is 2.32. The quantitative estimate of drug-likeness (QED) is 0.515. The van der Waals surface area contributed by atoms with Gasteiger partial charge in [0.2, 0.25) is 0 Å². The van der Waals surface area contributed by atoms with Crippen LogP contribution >= 0.6 is 0 Å². The number of pyridine rings is 1. The molecule has 0 radical (unpaired) electrons. The summed E-state index contributed by atoms with van der Waals surface area (Å²) in [5.41, 5.74) is 3.11. The fourth-order valence-corrected chi connectivity index (χ4v) is 4.46. The van der Waals surface area contributed by atoms with Crippen molar-refractivity contribution in [3.8, 4) is 0 Å². The number of nitrogens with one attached hydrogen (secondary N) is 1. The van der Waals surface area contributed by atoms with Crippen LogP contribution in [0.25, 0.3) is 5.65 Å². The molecule has 158 valence electrons. The van der Waals surface area contributed by atoms with Crippen LogP contribution in [0.2, 0.25) is 0 Å². The van der Waals surface area contributed by atoms with Gasteiger partial charge in [0.15, 0.2) is 11.4 Å². The summed E-state index contributed by atoms with van der Waals surface area (Å²) in [5, 5.41) is 8.66. The van der Waals surface area contributed by atoms with Gasteiger partial charge < -0.3 is 9.72 Å². The van der Waals surface area contributed by atoms with E-state index in [2.05, 4.69) is 20.1 Å². The number of likely N-dealkylation sites (tertiary alicyclic amines) is 1. The lowest BCUT2D eigenvalue weighted by atomic mass is 9.94. The van der Waals surface area contributed by atoms with Gasteiger partial charge in [-0.1, -0.05) is 6.07 Å². The maximum absolute atomic E-state index is 13.2. The van der Waals surface area contributed by atoms with Gasteiger partial charge in [-0.05, 0) is 64.4 Å². The normalized spacial score (nSPS) is 16.7.